The monoisotopic (exact) mass is 305 g/mol. The number of carbonyl (C=O) groups is 1. The van der Waals surface area contributed by atoms with Crippen LogP contribution in [0.25, 0.3) is 10.2 Å². The Bertz CT molecular complexity index is 771. The lowest BCUT2D eigenvalue weighted by atomic mass is 10.3. The molecule has 2 aromatic heterocycles. The molecule has 4 nitrogen and oxygen atoms in total. The van der Waals surface area contributed by atoms with Gasteiger partial charge >= 0.3 is 0 Å². The minimum absolute atomic E-state index is 0.132. The quantitative estimate of drug-likeness (QED) is 0.781. The van der Waals surface area contributed by atoms with Crippen molar-refractivity contribution in [3.63, 3.8) is 0 Å². The van der Waals surface area contributed by atoms with E-state index in [0.717, 1.165) is 15.9 Å². The predicted octanol–water partition coefficient (Wildman–Crippen LogP) is 3.85. The van der Waals surface area contributed by atoms with E-state index < -0.39 is 0 Å². The molecule has 2 heterocycles. The number of anilines is 1. The number of halogens is 1. The Morgan fingerprint density at radius 1 is 1.40 bits per heavy atom. The lowest BCUT2D eigenvalue weighted by Crippen LogP contribution is -2.09. The fraction of sp³-hybridized carbons (Fsp3) is 0.143. The number of nitrogens with zero attached hydrogens (tertiary/aromatic N) is 2. The molecule has 1 aromatic carbocycles. The van der Waals surface area contributed by atoms with Gasteiger partial charge in [0.1, 0.15) is 4.83 Å². The molecule has 0 saturated carbocycles. The van der Waals surface area contributed by atoms with E-state index in [1.807, 2.05) is 26.1 Å². The van der Waals surface area contributed by atoms with Crippen molar-refractivity contribution < 1.29 is 4.79 Å². The molecule has 0 saturated heterocycles. The van der Waals surface area contributed by atoms with E-state index in [-0.39, 0.29) is 5.91 Å². The Hall–Kier alpha value is -1.85. The number of aryl methyl sites for hydroxylation is 2. The van der Waals surface area contributed by atoms with Crippen molar-refractivity contribution in [3.8, 4) is 0 Å². The van der Waals surface area contributed by atoms with Crippen LogP contribution in [0.1, 0.15) is 15.4 Å². The van der Waals surface area contributed by atoms with Crippen molar-refractivity contribution in [2.45, 2.75) is 6.92 Å². The van der Waals surface area contributed by atoms with Crippen molar-refractivity contribution >= 4 is 44.7 Å². The molecule has 0 radical (unpaired) electrons. The van der Waals surface area contributed by atoms with Gasteiger partial charge in [-0.25, -0.2) is 0 Å². The zero-order chi connectivity index (χ0) is 14.3. The second kappa shape index (κ2) is 4.92. The number of thiophene rings is 1. The number of benzene rings is 1. The summed E-state index contributed by atoms with van der Waals surface area (Å²) in [6.45, 7) is 1.94. The molecule has 1 N–H and O–H groups in total. The molecule has 0 aliphatic rings. The van der Waals surface area contributed by atoms with Crippen LogP contribution >= 0.6 is 22.9 Å². The fourth-order valence-corrected chi connectivity index (χ4v) is 3.28. The Labute approximate surface area is 125 Å². The lowest BCUT2D eigenvalue weighted by molar-refractivity contribution is 0.103. The smallest absolute Gasteiger partial charge is 0.265 e. The van der Waals surface area contributed by atoms with Crippen molar-refractivity contribution in [1.29, 1.82) is 0 Å². The van der Waals surface area contributed by atoms with Crippen LogP contribution in [0.2, 0.25) is 5.02 Å². The Kier molecular flexibility index (Phi) is 3.23. The third kappa shape index (κ3) is 2.30. The molecular formula is C14H12ClN3OS. The van der Waals surface area contributed by atoms with Crippen LogP contribution < -0.4 is 5.32 Å². The number of amides is 1. The highest BCUT2D eigenvalue weighted by atomic mass is 35.5. The first-order valence-electron chi connectivity index (χ1n) is 6.04. The van der Waals surface area contributed by atoms with E-state index in [1.165, 1.54) is 11.3 Å². The van der Waals surface area contributed by atoms with Crippen molar-refractivity contribution in [3.05, 3.63) is 45.9 Å². The van der Waals surface area contributed by atoms with Crippen LogP contribution in [0.5, 0.6) is 0 Å². The van der Waals surface area contributed by atoms with Gasteiger partial charge in [0.15, 0.2) is 0 Å². The zero-order valence-electron chi connectivity index (χ0n) is 11.0. The minimum Gasteiger partial charge on any atom is -0.321 e. The molecule has 3 aromatic rings. The van der Waals surface area contributed by atoms with Crippen LogP contribution in [-0.2, 0) is 7.05 Å². The molecular weight excluding hydrogens is 294 g/mol. The SMILES string of the molecule is Cc1nn(C)c2sc(C(=O)Nc3cccc(Cl)c3)cc12. The van der Waals surface area contributed by atoms with Crippen LogP contribution in [0.3, 0.4) is 0 Å². The molecule has 6 heteroatoms. The number of carbonyl (C=O) groups excluding carboxylic acids is 1. The molecule has 0 bridgehead atoms. The largest absolute Gasteiger partial charge is 0.321 e. The molecule has 0 fully saturated rings. The highest BCUT2D eigenvalue weighted by molar-refractivity contribution is 7.20. The van der Waals surface area contributed by atoms with E-state index in [1.54, 1.807) is 22.9 Å². The Morgan fingerprint density at radius 3 is 2.90 bits per heavy atom. The topological polar surface area (TPSA) is 46.9 Å². The first-order chi connectivity index (χ1) is 9.54. The van der Waals surface area contributed by atoms with Crippen molar-refractivity contribution in [2.24, 2.45) is 7.05 Å². The van der Waals surface area contributed by atoms with Gasteiger partial charge in [-0.2, -0.15) is 5.10 Å². The van der Waals surface area contributed by atoms with Crippen LogP contribution in [0.4, 0.5) is 5.69 Å². The van der Waals surface area contributed by atoms with Gasteiger partial charge in [0.2, 0.25) is 0 Å². The summed E-state index contributed by atoms with van der Waals surface area (Å²) in [4.78, 5) is 13.9. The Balaban J connectivity index is 1.91. The van der Waals surface area contributed by atoms with Gasteiger partial charge in [-0.05, 0) is 31.2 Å². The van der Waals surface area contributed by atoms with Gasteiger partial charge in [0.05, 0.1) is 10.6 Å². The summed E-state index contributed by atoms with van der Waals surface area (Å²) in [7, 11) is 1.88. The fourth-order valence-electron chi connectivity index (χ4n) is 2.08. The zero-order valence-corrected chi connectivity index (χ0v) is 12.5. The second-order valence-electron chi connectivity index (χ2n) is 4.50. The van der Waals surface area contributed by atoms with E-state index in [2.05, 4.69) is 10.4 Å². The van der Waals surface area contributed by atoms with Gasteiger partial charge in [-0.3, -0.25) is 9.48 Å². The average Bonchev–Trinajstić information content (AvgIpc) is 2.92. The van der Waals surface area contributed by atoms with E-state index in [0.29, 0.717) is 15.6 Å². The highest BCUT2D eigenvalue weighted by Crippen LogP contribution is 2.28. The number of fused-ring (bicyclic) bond motifs is 1. The maximum atomic E-state index is 12.2. The standard InChI is InChI=1S/C14H12ClN3OS/c1-8-11-7-12(20-14(11)18(2)17-8)13(19)16-10-5-3-4-9(15)6-10/h3-7H,1-2H3,(H,16,19). The third-order valence-electron chi connectivity index (χ3n) is 3.00. The van der Waals surface area contributed by atoms with Crippen molar-refractivity contribution in [1.82, 2.24) is 9.78 Å². The number of rotatable bonds is 2. The summed E-state index contributed by atoms with van der Waals surface area (Å²) in [5.41, 5.74) is 1.62. The molecule has 0 aliphatic heterocycles. The summed E-state index contributed by atoms with van der Waals surface area (Å²) >= 11 is 7.33. The first-order valence-corrected chi connectivity index (χ1v) is 7.24. The van der Waals surface area contributed by atoms with Crippen LogP contribution in [-0.4, -0.2) is 15.7 Å². The van der Waals surface area contributed by atoms with Gasteiger partial charge in [-0.15, -0.1) is 11.3 Å². The van der Waals surface area contributed by atoms with Gasteiger partial charge in [0, 0.05) is 23.1 Å². The molecule has 3 rings (SSSR count). The lowest BCUT2D eigenvalue weighted by Gasteiger charge is -2.03. The van der Waals surface area contributed by atoms with Crippen molar-refractivity contribution in [2.75, 3.05) is 5.32 Å². The predicted molar refractivity (Wildman–Crippen MR) is 82.7 cm³/mol. The Morgan fingerprint density at radius 2 is 2.20 bits per heavy atom. The normalized spacial score (nSPS) is 10.9. The minimum atomic E-state index is -0.132. The third-order valence-corrected chi connectivity index (χ3v) is 4.44. The van der Waals surface area contributed by atoms with Gasteiger partial charge in [0.25, 0.3) is 5.91 Å². The average molecular weight is 306 g/mol. The van der Waals surface area contributed by atoms with E-state index in [4.69, 9.17) is 11.6 Å². The van der Waals surface area contributed by atoms with Crippen LogP contribution in [0, 0.1) is 6.92 Å². The molecule has 1 amide bonds. The molecule has 102 valence electrons. The van der Waals surface area contributed by atoms with E-state index in [9.17, 15) is 4.79 Å². The summed E-state index contributed by atoms with van der Waals surface area (Å²) < 4.78 is 1.80. The first kappa shape index (κ1) is 13.1. The molecule has 0 spiro atoms. The number of hydrogen-bond donors (Lipinski definition) is 1. The maximum Gasteiger partial charge on any atom is 0.265 e. The molecule has 0 atom stereocenters. The maximum absolute atomic E-state index is 12.2. The number of aromatic nitrogens is 2. The molecule has 0 aliphatic carbocycles. The van der Waals surface area contributed by atoms with Gasteiger partial charge in [-0.1, -0.05) is 17.7 Å². The number of hydrogen-bond acceptors (Lipinski definition) is 3. The highest BCUT2D eigenvalue weighted by Gasteiger charge is 2.15. The molecule has 0 unspecified atom stereocenters. The number of nitrogens with one attached hydrogen (secondary N) is 1. The summed E-state index contributed by atoms with van der Waals surface area (Å²) in [6.07, 6.45) is 0. The summed E-state index contributed by atoms with van der Waals surface area (Å²) in [5.74, 6) is -0.132. The second-order valence-corrected chi connectivity index (χ2v) is 5.97. The van der Waals surface area contributed by atoms with Gasteiger partial charge < -0.3 is 5.32 Å². The summed E-state index contributed by atoms with van der Waals surface area (Å²) in [5, 5.41) is 8.79. The van der Waals surface area contributed by atoms with E-state index >= 15 is 0 Å². The molecule has 20 heavy (non-hydrogen) atoms. The van der Waals surface area contributed by atoms with Crippen LogP contribution in [0.15, 0.2) is 30.3 Å². The summed E-state index contributed by atoms with van der Waals surface area (Å²) in [6, 6.07) is 8.98.